The Bertz CT molecular complexity index is 509. The first-order valence-corrected chi connectivity index (χ1v) is 10.5. The molecule has 1 saturated carbocycles. The third-order valence-electron chi connectivity index (χ3n) is 5.49. The van der Waals surface area contributed by atoms with E-state index in [1.807, 2.05) is 0 Å². The van der Waals surface area contributed by atoms with Gasteiger partial charge in [0.05, 0.1) is 12.3 Å². The van der Waals surface area contributed by atoms with E-state index < -0.39 is 10.0 Å². The molecule has 0 unspecified atom stereocenters. The summed E-state index contributed by atoms with van der Waals surface area (Å²) in [6.07, 6.45) is 5.27. The maximum atomic E-state index is 12.3. The van der Waals surface area contributed by atoms with E-state index in [0.717, 1.165) is 25.8 Å². The zero-order valence-electron chi connectivity index (χ0n) is 14.3. The van der Waals surface area contributed by atoms with Gasteiger partial charge in [-0.3, -0.25) is 9.69 Å². The Morgan fingerprint density at radius 2 is 1.96 bits per heavy atom. The summed E-state index contributed by atoms with van der Waals surface area (Å²) in [5.74, 6) is 1.29. The number of rotatable bonds is 5. The Balaban J connectivity index is 1.80. The van der Waals surface area contributed by atoms with E-state index in [2.05, 4.69) is 24.1 Å². The summed E-state index contributed by atoms with van der Waals surface area (Å²) >= 11 is 0. The second-order valence-corrected chi connectivity index (χ2v) is 9.17. The standard InChI is InChI=1S/C16H31N3O3S/c1-12-5-3-7-15(13(12)2)18-16(20)10-19-8-4-6-14(9-19)11-23(17,21)22/h12-15H,3-11H2,1-2H3,(H,18,20)(H2,17,21,22)/t12-,13-,14-,15+/m1/s1. The maximum Gasteiger partial charge on any atom is 0.234 e. The molecule has 0 radical (unpaired) electrons. The second kappa shape index (κ2) is 7.94. The van der Waals surface area contributed by atoms with E-state index in [-0.39, 0.29) is 23.6 Å². The van der Waals surface area contributed by atoms with Crippen LogP contribution < -0.4 is 10.5 Å². The van der Waals surface area contributed by atoms with Crippen LogP contribution in [0.4, 0.5) is 0 Å². The molecule has 3 N–H and O–H groups in total. The quantitative estimate of drug-likeness (QED) is 0.775. The topological polar surface area (TPSA) is 92.5 Å². The Hall–Kier alpha value is -0.660. The van der Waals surface area contributed by atoms with Gasteiger partial charge in [-0.05, 0) is 43.6 Å². The van der Waals surface area contributed by atoms with Crippen LogP contribution in [0.5, 0.6) is 0 Å². The number of hydrogen-bond acceptors (Lipinski definition) is 4. The van der Waals surface area contributed by atoms with E-state index in [4.69, 9.17) is 5.14 Å². The summed E-state index contributed by atoms with van der Waals surface area (Å²) in [7, 11) is -3.44. The minimum absolute atomic E-state index is 0.0162. The van der Waals surface area contributed by atoms with Crippen LogP contribution in [0.3, 0.4) is 0 Å². The number of carbonyl (C=O) groups is 1. The van der Waals surface area contributed by atoms with Crippen LogP contribution in [-0.2, 0) is 14.8 Å². The number of primary sulfonamides is 1. The Morgan fingerprint density at radius 1 is 1.22 bits per heavy atom. The van der Waals surface area contributed by atoms with Crippen LogP contribution in [0.2, 0.25) is 0 Å². The number of carbonyl (C=O) groups excluding carboxylic acids is 1. The lowest BCUT2D eigenvalue weighted by Gasteiger charge is -2.36. The number of hydrogen-bond donors (Lipinski definition) is 2. The molecule has 23 heavy (non-hydrogen) atoms. The molecular weight excluding hydrogens is 314 g/mol. The summed E-state index contributed by atoms with van der Waals surface area (Å²) in [5, 5.41) is 8.33. The summed E-state index contributed by atoms with van der Waals surface area (Å²) < 4.78 is 22.5. The van der Waals surface area contributed by atoms with Gasteiger partial charge in [0.15, 0.2) is 0 Å². The van der Waals surface area contributed by atoms with Crippen molar-refractivity contribution < 1.29 is 13.2 Å². The minimum Gasteiger partial charge on any atom is -0.352 e. The van der Waals surface area contributed by atoms with Crippen molar-refractivity contribution >= 4 is 15.9 Å². The molecule has 1 aliphatic carbocycles. The molecule has 2 aliphatic rings. The Labute approximate surface area is 140 Å². The fourth-order valence-electron chi connectivity index (χ4n) is 4.00. The molecule has 134 valence electrons. The number of amides is 1. The molecule has 1 heterocycles. The zero-order chi connectivity index (χ0) is 17.0. The van der Waals surface area contributed by atoms with E-state index in [1.165, 1.54) is 12.8 Å². The molecular formula is C16H31N3O3S. The molecule has 0 bridgehead atoms. The molecule has 6 nitrogen and oxygen atoms in total. The van der Waals surface area contributed by atoms with Crippen molar-refractivity contribution in [3.63, 3.8) is 0 Å². The second-order valence-electron chi connectivity index (χ2n) is 7.51. The fourth-order valence-corrected chi connectivity index (χ4v) is 4.93. The molecule has 1 amide bonds. The number of sulfonamides is 1. The van der Waals surface area contributed by atoms with Gasteiger partial charge in [-0.15, -0.1) is 0 Å². The van der Waals surface area contributed by atoms with Crippen LogP contribution in [0, 0.1) is 17.8 Å². The Morgan fingerprint density at radius 3 is 2.65 bits per heavy atom. The van der Waals surface area contributed by atoms with Crippen molar-refractivity contribution in [3.05, 3.63) is 0 Å². The van der Waals surface area contributed by atoms with Gasteiger partial charge < -0.3 is 5.32 Å². The lowest BCUT2D eigenvalue weighted by molar-refractivity contribution is -0.124. The van der Waals surface area contributed by atoms with Gasteiger partial charge in [0, 0.05) is 12.6 Å². The van der Waals surface area contributed by atoms with Crippen molar-refractivity contribution in [2.75, 3.05) is 25.4 Å². The molecule has 7 heteroatoms. The van der Waals surface area contributed by atoms with Crippen LogP contribution in [0.25, 0.3) is 0 Å². The van der Waals surface area contributed by atoms with Crippen LogP contribution in [0.15, 0.2) is 0 Å². The van der Waals surface area contributed by atoms with E-state index in [0.29, 0.717) is 24.9 Å². The summed E-state index contributed by atoms with van der Waals surface area (Å²) in [4.78, 5) is 14.4. The first kappa shape index (κ1) is 18.7. The number of likely N-dealkylation sites (tertiary alicyclic amines) is 1. The van der Waals surface area contributed by atoms with Gasteiger partial charge >= 0.3 is 0 Å². The highest BCUT2D eigenvalue weighted by Crippen LogP contribution is 2.29. The summed E-state index contributed by atoms with van der Waals surface area (Å²) in [6, 6.07) is 0.274. The lowest BCUT2D eigenvalue weighted by Crippen LogP contribution is -2.49. The number of nitrogens with one attached hydrogen (secondary N) is 1. The van der Waals surface area contributed by atoms with Crippen LogP contribution in [-0.4, -0.2) is 50.7 Å². The molecule has 4 atom stereocenters. The molecule has 0 aromatic carbocycles. The highest BCUT2D eigenvalue weighted by atomic mass is 32.2. The zero-order valence-corrected chi connectivity index (χ0v) is 15.1. The van der Waals surface area contributed by atoms with Crippen LogP contribution >= 0.6 is 0 Å². The van der Waals surface area contributed by atoms with Crippen molar-refractivity contribution in [1.29, 1.82) is 0 Å². The SMILES string of the molecule is C[C@@H]1[C@H](C)CCC[C@@H]1NC(=O)CN1CCC[C@@H](CS(N)(=O)=O)C1. The van der Waals surface area contributed by atoms with Crippen molar-refractivity contribution in [1.82, 2.24) is 10.2 Å². The van der Waals surface area contributed by atoms with Crippen molar-refractivity contribution in [2.45, 2.75) is 52.0 Å². The molecule has 2 fully saturated rings. The highest BCUT2D eigenvalue weighted by Gasteiger charge is 2.29. The smallest absolute Gasteiger partial charge is 0.234 e. The molecule has 1 aliphatic heterocycles. The van der Waals surface area contributed by atoms with Gasteiger partial charge in [0.25, 0.3) is 0 Å². The van der Waals surface area contributed by atoms with Gasteiger partial charge in [-0.1, -0.05) is 26.7 Å². The first-order valence-electron chi connectivity index (χ1n) is 8.77. The van der Waals surface area contributed by atoms with E-state index >= 15 is 0 Å². The number of nitrogens with two attached hydrogens (primary N) is 1. The van der Waals surface area contributed by atoms with E-state index in [9.17, 15) is 13.2 Å². The monoisotopic (exact) mass is 345 g/mol. The largest absolute Gasteiger partial charge is 0.352 e. The van der Waals surface area contributed by atoms with E-state index in [1.54, 1.807) is 0 Å². The average Bonchev–Trinajstić information content (AvgIpc) is 2.42. The predicted molar refractivity (Wildman–Crippen MR) is 91.2 cm³/mol. The first-order chi connectivity index (χ1) is 10.7. The van der Waals surface area contributed by atoms with Gasteiger partial charge in [0.1, 0.15) is 0 Å². The highest BCUT2D eigenvalue weighted by molar-refractivity contribution is 7.89. The summed E-state index contributed by atoms with van der Waals surface area (Å²) in [6.45, 7) is 6.33. The molecule has 0 aromatic rings. The lowest BCUT2D eigenvalue weighted by atomic mass is 9.78. The molecule has 1 saturated heterocycles. The van der Waals surface area contributed by atoms with Gasteiger partial charge in [0.2, 0.25) is 15.9 Å². The molecule has 0 spiro atoms. The number of piperidine rings is 1. The average molecular weight is 346 g/mol. The normalized spacial score (nSPS) is 33.3. The summed E-state index contributed by atoms with van der Waals surface area (Å²) in [5.41, 5.74) is 0. The van der Waals surface area contributed by atoms with Gasteiger partial charge in [-0.25, -0.2) is 13.6 Å². The number of nitrogens with zero attached hydrogens (tertiary/aromatic N) is 1. The maximum absolute atomic E-state index is 12.3. The minimum atomic E-state index is -3.44. The van der Waals surface area contributed by atoms with Crippen LogP contribution in [0.1, 0.15) is 46.0 Å². The predicted octanol–water partition coefficient (Wildman–Crippen LogP) is 0.928. The Kier molecular flexibility index (Phi) is 6.45. The third kappa shape index (κ3) is 6.04. The van der Waals surface area contributed by atoms with Crippen molar-refractivity contribution in [3.8, 4) is 0 Å². The fraction of sp³-hybridized carbons (Fsp3) is 0.938. The molecule has 0 aromatic heterocycles. The molecule has 2 rings (SSSR count). The third-order valence-corrected chi connectivity index (χ3v) is 6.43. The van der Waals surface area contributed by atoms with Gasteiger partial charge in [-0.2, -0.15) is 0 Å². The van der Waals surface area contributed by atoms with Crippen molar-refractivity contribution in [2.24, 2.45) is 22.9 Å².